The monoisotopic (exact) mass is 444 g/mol. The van der Waals surface area contributed by atoms with Crippen LogP contribution >= 0.6 is 0 Å². The lowest BCUT2D eigenvalue weighted by Crippen LogP contribution is -2.55. The molecular weight excluding hydrogens is 404 g/mol. The van der Waals surface area contributed by atoms with Gasteiger partial charge in [0, 0.05) is 44.1 Å². The minimum Gasteiger partial charge on any atom is -0.462 e. The lowest BCUT2D eigenvalue weighted by atomic mass is 9.47. The van der Waals surface area contributed by atoms with Crippen LogP contribution < -0.4 is 0 Å². The molecular formula is C27H40O5. The average Bonchev–Trinajstić information content (AvgIpc) is 3.37. The van der Waals surface area contributed by atoms with E-state index < -0.39 is 5.79 Å². The fraction of sp³-hybridized carbons (Fsp3) is 0.852. The van der Waals surface area contributed by atoms with Crippen LogP contribution in [0.25, 0.3) is 0 Å². The highest BCUT2D eigenvalue weighted by molar-refractivity contribution is 5.91. The normalized spacial score (nSPS) is 42.6. The Bertz CT molecular complexity index is 796. The maximum absolute atomic E-state index is 12.4. The number of carbonyl (C=O) groups is 2. The van der Waals surface area contributed by atoms with Crippen LogP contribution in [0.4, 0.5) is 0 Å². The summed E-state index contributed by atoms with van der Waals surface area (Å²) in [7, 11) is 1.79. The smallest absolute Gasteiger partial charge is 0.302 e. The van der Waals surface area contributed by atoms with Gasteiger partial charge in [0.1, 0.15) is 6.10 Å². The van der Waals surface area contributed by atoms with E-state index in [4.69, 9.17) is 14.2 Å². The summed E-state index contributed by atoms with van der Waals surface area (Å²) in [6.07, 6.45) is 14.3. The van der Waals surface area contributed by atoms with Crippen molar-refractivity contribution in [2.24, 2.45) is 28.6 Å². The van der Waals surface area contributed by atoms with Crippen molar-refractivity contribution >= 4 is 11.8 Å². The van der Waals surface area contributed by atoms with Gasteiger partial charge < -0.3 is 14.2 Å². The second kappa shape index (κ2) is 8.23. The molecule has 5 aliphatic rings. The highest BCUT2D eigenvalue weighted by Gasteiger charge is 2.61. The van der Waals surface area contributed by atoms with Gasteiger partial charge in [0.15, 0.2) is 11.6 Å². The van der Waals surface area contributed by atoms with E-state index in [1.165, 1.54) is 5.57 Å². The Kier molecular flexibility index (Phi) is 5.81. The predicted molar refractivity (Wildman–Crippen MR) is 121 cm³/mol. The summed E-state index contributed by atoms with van der Waals surface area (Å²) in [6, 6.07) is 0. The molecule has 5 rings (SSSR count). The number of hydrogen-bond acceptors (Lipinski definition) is 5. The van der Waals surface area contributed by atoms with Crippen LogP contribution in [-0.4, -0.2) is 37.4 Å². The van der Waals surface area contributed by atoms with E-state index in [1.54, 1.807) is 14.0 Å². The predicted octanol–water partition coefficient (Wildman–Crippen LogP) is 5.36. The lowest BCUT2D eigenvalue weighted by molar-refractivity contribution is -0.239. The van der Waals surface area contributed by atoms with Crippen LogP contribution in [0.15, 0.2) is 11.6 Å². The molecule has 0 aromatic rings. The van der Waals surface area contributed by atoms with E-state index in [0.717, 1.165) is 70.6 Å². The van der Waals surface area contributed by atoms with Crippen LogP contribution in [-0.2, 0) is 23.8 Å². The number of rotatable bonds is 5. The molecule has 5 nitrogen and oxygen atoms in total. The maximum atomic E-state index is 12.4. The number of carbonyl (C=O) groups excluding carboxylic acids is 2. The Morgan fingerprint density at radius 1 is 1.03 bits per heavy atom. The van der Waals surface area contributed by atoms with Gasteiger partial charge in [-0.1, -0.05) is 12.5 Å². The zero-order valence-corrected chi connectivity index (χ0v) is 20.1. The Morgan fingerprint density at radius 3 is 2.53 bits per heavy atom. The molecule has 6 atom stereocenters. The van der Waals surface area contributed by atoms with Crippen LogP contribution in [0, 0.1) is 28.6 Å². The van der Waals surface area contributed by atoms with E-state index in [9.17, 15) is 9.59 Å². The molecule has 0 amide bonds. The van der Waals surface area contributed by atoms with Gasteiger partial charge in [0.05, 0.1) is 6.61 Å². The van der Waals surface area contributed by atoms with E-state index in [0.29, 0.717) is 30.8 Å². The Hall–Kier alpha value is -1.20. The van der Waals surface area contributed by atoms with Gasteiger partial charge in [-0.05, 0) is 81.6 Å². The summed E-state index contributed by atoms with van der Waals surface area (Å²) in [5.41, 5.74) is 1.39. The van der Waals surface area contributed by atoms with Crippen molar-refractivity contribution in [2.75, 3.05) is 13.7 Å². The van der Waals surface area contributed by atoms with Gasteiger partial charge in [0.25, 0.3) is 0 Å². The Labute approximate surface area is 192 Å². The molecule has 5 heteroatoms. The number of ether oxygens (including phenoxy) is 3. The molecule has 0 saturated heterocycles. The first-order valence-corrected chi connectivity index (χ1v) is 12.9. The Morgan fingerprint density at radius 2 is 1.81 bits per heavy atom. The first-order chi connectivity index (χ1) is 15.3. The largest absolute Gasteiger partial charge is 0.462 e. The lowest BCUT2D eigenvalue weighted by Gasteiger charge is -2.59. The quantitative estimate of drug-likeness (QED) is 0.422. The molecule has 4 saturated carbocycles. The first-order valence-electron chi connectivity index (χ1n) is 12.9. The van der Waals surface area contributed by atoms with Gasteiger partial charge in [-0.3, -0.25) is 9.59 Å². The Balaban J connectivity index is 1.43. The number of ketones is 1. The van der Waals surface area contributed by atoms with Crippen molar-refractivity contribution in [3.63, 3.8) is 0 Å². The molecule has 32 heavy (non-hydrogen) atoms. The van der Waals surface area contributed by atoms with Crippen LogP contribution in [0.2, 0.25) is 0 Å². The summed E-state index contributed by atoms with van der Waals surface area (Å²) >= 11 is 0. The molecule has 0 aromatic heterocycles. The first kappa shape index (κ1) is 22.6. The molecule has 1 unspecified atom stereocenters. The van der Waals surface area contributed by atoms with E-state index in [2.05, 4.69) is 6.92 Å². The summed E-state index contributed by atoms with van der Waals surface area (Å²) in [5, 5.41) is 0. The second-order valence-corrected chi connectivity index (χ2v) is 11.5. The highest BCUT2D eigenvalue weighted by Crippen LogP contribution is 2.66. The molecule has 0 bridgehead atoms. The maximum Gasteiger partial charge on any atom is 0.302 e. The molecule has 0 N–H and O–H groups in total. The molecule has 0 radical (unpaired) electrons. The van der Waals surface area contributed by atoms with Gasteiger partial charge in [-0.25, -0.2) is 0 Å². The highest BCUT2D eigenvalue weighted by atomic mass is 16.7. The zero-order valence-electron chi connectivity index (χ0n) is 20.1. The zero-order chi connectivity index (χ0) is 22.6. The second-order valence-electron chi connectivity index (χ2n) is 11.5. The fourth-order valence-electron chi connectivity index (χ4n) is 8.56. The van der Waals surface area contributed by atoms with E-state index in [1.807, 2.05) is 6.08 Å². The third kappa shape index (κ3) is 3.50. The average molecular weight is 445 g/mol. The summed E-state index contributed by atoms with van der Waals surface area (Å²) in [5.74, 6) is 1.44. The van der Waals surface area contributed by atoms with Gasteiger partial charge in [-0.15, -0.1) is 0 Å². The van der Waals surface area contributed by atoms with Crippen molar-refractivity contribution < 1.29 is 23.8 Å². The van der Waals surface area contributed by atoms with E-state index >= 15 is 0 Å². The molecule has 4 fully saturated rings. The standard InChI is InChI=1S/C27H40O5/c1-18(28)32-24-9-8-22-21-7-6-19-16-20(29)10-15-26(19,23(21)11-14-25(22,24)2)17-31-27(30-3)12-4-5-13-27/h16,21-24H,4-15,17H2,1-3H3/t21-,22-,23+,24?,25-,26+/m0/s1. The third-order valence-corrected chi connectivity index (χ3v) is 10.2. The molecule has 0 aromatic carbocycles. The number of esters is 1. The molecule has 178 valence electrons. The minimum atomic E-state index is -0.439. The van der Waals surface area contributed by atoms with Crippen molar-refractivity contribution in [1.82, 2.24) is 0 Å². The van der Waals surface area contributed by atoms with Crippen molar-refractivity contribution in [2.45, 2.75) is 103 Å². The summed E-state index contributed by atoms with van der Waals surface area (Å²) in [6.45, 7) is 4.59. The van der Waals surface area contributed by atoms with Crippen LogP contribution in [0.3, 0.4) is 0 Å². The fourth-order valence-corrected chi connectivity index (χ4v) is 8.56. The van der Waals surface area contributed by atoms with Gasteiger partial charge in [0.2, 0.25) is 0 Å². The van der Waals surface area contributed by atoms with Gasteiger partial charge in [-0.2, -0.15) is 0 Å². The topological polar surface area (TPSA) is 61.8 Å². The van der Waals surface area contributed by atoms with Crippen molar-refractivity contribution in [3.8, 4) is 0 Å². The molecule has 0 heterocycles. The molecule has 0 spiro atoms. The van der Waals surface area contributed by atoms with Crippen molar-refractivity contribution in [1.29, 1.82) is 0 Å². The summed E-state index contributed by atoms with van der Waals surface area (Å²) < 4.78 is 18.4. The van der Waals surface area contributed by atoms with Gasteiger partial charge >= 0.3 is 5.97 Å². The van der Waals surface area contributed by atoms with E-state index in [-0.39, 0.29) is 28.7 Å². The van der Waals surface area contributed by atoms with Crippen LogP contribution in [0.5, 0.6) is 0 Å². The molecule has 5 aliphatic carbocycles. The number of hydrogen-bond donors (Lipinski definition) is 0. The van der Waals surface area contributed by atoms with Crippen LogP contribution in [0.1, 0.15) is 90.9 Å². The van der Waals surface area contributed by atoms with Crippen molar-refractivity contribution in [3.05, 3.63) is 11.6 Å². The number of methoxy groups -OCH3 is 1. The summed E-state index contributed by atoms with van der Waals surface area (Å²) in [4.78, 5) is 24.1. The number of fused-ring (bicyclic) bond motifs is 5. The SMILES string of the molecule is COC1(OC[C@]23CCC(=O)C=C2CC[C@@H]2[C@H]3CC[C@]3(C)C(OC(C)=O)CC[C@@H]23)CCCC1. The third-order valence-electron chi connectivity index (χ3n) is 10.2. The minimum absolute atomic E-state index is 0.0359. The molecule has 0 aliphatic heterocycles.